The van der Waals surface area contributed by atoms with Gasteiger partial charge < -0.3 is 20.4 Å². The third kappa shape index (κ3) is 5.65. The molecule has 1 saturated heterocycles. The van der Waals surface area contributed by atoms with E-state index >= 15 is 0 Å². The normalized spacial score (nSPS) is 17.5. The van der Waals surface area contributed by atoms with Crippen molar-refractivity contribution in [2.45, 2.75) is 38.4 Å². The van der Waals surface area contributed by atoms with Gasteiger partial charge in [-0.2, -0.15) is 18.2 Å². The van der Waals surface area contributed by atoms with E-state index in [4.69, 9.17) is 0 Å². The molecule has 31 heavy (non-hydrogen) atoms. The van der Waals surface area contributed by atoms with Gasteiger partial charge >= 0.3 is 6.18 Å². The molecule has 0 aliphatic carbocycles. The molecular weight excluding hydrogens is 405 g/mol. The van der Waals surface area contributed by atoms with Gasteiger partial charge in [0.15, 0.2) is 0 Å². The van der Waals surface area contributed by atoms with Crippen molar-refractivity contribution in [1.29, 1.82) is 0 Å². The molecule has 2 aromatic rings. The van der Waals surface area contributed by atoms with E-state index < -0.39 is 11.7 Å². The maximum atomic E-state index is 13.4. The monoisotopic (exact) mass is 434 g/mol. The Kier molecular flexibility index (Phi) is 6.62. The van der Waals surface area contributed by atoms with Gasteiger partial charge in [-0.1, -0.05) is 6.07 Å². The first-order valence-electron chi connectivity index (χ1n) is 10.9. The minimum Gasteiger partial charge on any atom is -0.369 e. The van der Waals surface area contributed by atoms with Gasteiger partial charge in [-0.05, 0) is 75.6 Å². The number of likely N-dealkylation sites (tertiary alicyclic amines) is 1. The number of nitrogens with one attached hydrogen (secondary N) is 2. The van der Waals surface area contributed by atoms with Crippen molar-refractivity contribution in [2.24, 2.45) is 0 Å². The first-order valence-corrected chi connectivity index (χ1v) is 10.9. The summed E-state index contributed by atoms with van der Waals surface area (Å²) in [6, 6.07) is 6.00. The predicted molar refractivity (Wildman–Crippen MR) is 116 cm³/mol. The summed E-state index contributed by atoms with van der Waals surface area (Å²) in [6.45, 7) is 5.35. The highest BCUT2D eigenvalue weighted by molar-refractivity contribution is 5.58. The number of nitrogens with zero attached hydrogens (tertiary/aromatic N) is 4. The summed E-state index contributed by atoms with van der Waals surface area (Å²) >= 11 is 0. The average molecular weight is 435 g/mol. The second-order valence-corrected chi connectivity index (χ2v) is 8.38. The highest BCUT2D eigenvalue weighted by Gasteiger charge is 2.35. The van der Waals surface area contributed by atoms with E-state index in [9.17, 15) is 13.2 Å². The summed E-state index contributed by atoms with van der Waals surface area (Å²) in [6.07, 6.45) is 0.458. The standard InChI is InChI=1S/C22H29F3N6/c1-30-12-7-16-13-18(6-5-17(16)15-30)28-21-27-14-19(22(23,24)25)20(29-21)26-8-4-11-31-9-2-3-10-31/h5-6,13-14H,2-4,7-12,15H2,1H3,(H2,26,27,28,29). The molecule has 0 amide bonds. The van der Waals surface area contributed by atoms with Crippen LogP contribution in [-0.4, -0.2) is 59.5 Å². The Hall–Kier alpha value is -2.39. The van der Waals surface area contributed by atoms with Crippen molar-refractivity contribution < 1.29 is 13.2 Å². The van der Waals surface area contributed by atoms with Crippen LogP contribution in [0.25, 0.3) is 0 Å². The second kappa shape index (κ2) is 9.40. The first kappa shape index (κ1) is 21.8. The largest absolute Gasteiger partial charge is 0.421 e. The van der Waals surface area contributed by atoms with E-state index in [1.54, 1.807) is 0 Å². The van der Waals surface area contributed by atoms with Gasteiger partial charge in [-0.25, -0.2) is 4.98 Å². The van der Waals surface area contributed by atoms with Crippen LogP contribution in [0.2, 0.25) is 0 Å². The third-order valence-corrected chi connectivity index (χ3v) is 5.90. The van der Waals surface area contributed by atoms with Crippen LogP contribution in [0.15, 0.2) is 24.4 Å². The van der Waals surface area contributed by atoms with Crippen molar-refractivity contribution in [3.8, 4) is 0 Å². The van der Waals surface area contributed by atoms with E-state index in [-0.39, 0.29) is 11.8 Å². The smallest absolute Gasteiger partial charge is 0.369 e. The molecule has 0 saturated carbocycles. The molecule has 0 atom stereocenters. The molecule has 2 aliphatic rings. The van der Waals surface area contributed by atoms with Gasteiger partial charge in [0, 0.05) is 31.5 Å². The number of halogens is 3. The Morgan fingerprint density at radius 3 is 2.68 bits per heavy atom. The maximum Gasteiger partial charge on any atom is 0.421 e. The number of fused-ring (bicyclic) bond motifs is 1. The van der Waals surface area contributed by atoms with E-state index in [1.807, 2.05) is 12.1 Å². The Labute approximate surface area is 180 Å². The number of anilines is 3. The SMILES string of the molecule is CN1CCc2cc(Nc3ncc(C(F)(F)F)c(NCCCN4CCCC4)n3)ccc2C1. The summed E-state index contributed by atoms with van der Waals surface area (Å²) in [5, 5.41) is 5.95. The summed E-state index contributed by atoms with van der Waals surface area (Å²) in [4.78, 5) is 12.7. The number of hydrogen-bond donors (Lipinski definition) is 2. The minimum atomic E-state index is -4.51. The van der Waals surface area contributed by atoms with Crippen molar-refractivity contribution in [3.05, 3.63) is 41.1 Å². The zero-order chi connectivity index (χ0) is 21.8. The Bertz CT molecular complexity index is 895. The Morgan fingerprint density at radius 1 is 1.10 bits per heavy atom. The molecule has 3 heterocycles. The van der Waals surface area contributed by atoms with Gasteiger partial charge in [0.1, 0.15) is 11.4 Å². The number of aromatic nitrogens is 2. The third-order valence-electron chi connectivity index (χ3n) is 5.90. The average Bonchev–Trinajstić information content (AvgIpc) is 3.24. The van der Waals surface area contributed by atoms with Crippen LogP contribution in [0.3, 0.4) is 0 Å². The number of likely N-dealkylation sites (N-methyl/N-ethyl adjacent to an activating group) is 1. The van der Waals surface area contributed by atoms with E-state index in [2.05, 4.69) is 43.5 Å². The fourth-order valence-corrected chi connectivity index (χ4v) is 4.20. The zero-order valence-corrected chi connectivity index (χ0v) is 17.8. The van der Waals surface area contributed by atoms with Crippen molar-refractivity contribution in [2.75, 3.05) is 50.4 Å². The fourth-order valence-electron chi connectivity index (χ4n) is 4.20. The first-order chi connectivity index (χ1) is 14.9. The van der Waals surface area contributed by atoms with Gasteiger partial charge in [-0.3, -0.25) is 0 Å². The van der Waals surface area contributed by atoms with Crippen LogP contribution < -0.4 is 10.6 Å². The lowest BCUT2D eigenvalue weighted by Crippen LogP contribution is -2.26. The van der Waals surface area contributed by atoms with Gasteiger partial charge in [-0.15, -0.1) is 0 Å². The zero-order valence-electron chi connectivity index (χ0n) is 17.8. The molecule has 9 heteroatoms. The molecule has 6 nitrogen and oxygen atoms in total. The van der Waals surface area contributed by atoms with Crippen LogP contribution in [0.4, 0.5) is 30.6 Å². The highest BCUT2D eigenvalue weighted by Crippen LogP contribution is 2.34. The van der Waals surface area contributed by atoms with Gasteiger partial charge in [0.2, 0.25) is 5.95 Å². The molecule has 0 bridgehead atoms. The molecular formula is C22H29F3N6. The summed E-state index contributed by atoms with van der Waals surface area (Å²) in [5.74, 6) is -0.0195. The molecule has 0 radical (unpaired) electrons. The molecule has 1 aromatic heterocycles. The van der Waals surface area contributed by atoms with Crippen LogP contribution in [0, 0.1) is 0 Å². The van der Waals surface area contributed by atoms with E-state index in [0.29, 0.717) is 6.54 Å². The van der Waals surface area contributed by atoms with Crippen molar-refractivity contribution >= 4 is 17.5 Å². The fraction of sp³-hybridized carbons (Fsp3) is 0.545. The van der Waals surface area contributed by atoms with Crippen molar-refractivity contribution in [3.63, 3.8) is 0 Å². The summed E-state index contributed by atoms with van der Waals surface area (Å²) in [7, 11) is 2.09. The maximum absolute atomic E-state index is 13.4. The van der Waals surface area contributed by atoms with E-state index in [1.165, 1.54) is 24.0 Å². The lowest BCUT2D eigenvalue weighted by molar-refractivity contribution is -0.137. The number of rotatable bonds is 7. The molecule has 2 N–H and O–H groups in total. The summed E-state index contributed by atoms with van der Waals surface area (Å²) < 4.78 is 40.3. The van der Waals surface area contributed by atoms with Gasteiger partial charge in [0.25, 0.3) is 0 Å². The lowest BCUT2D eigenvalue weighted by atomic mass is 9.99. The van der Waals surface area contributed by atoms with E-state index in [0.717, 1.165) is 57.4 Å². The highest BCUT2D eigenvalue weighted by atomic mass is 19.4. The molecule has 168 valence electrons. The number of benzene rings is 1. The topological polar surface area (TPSA) is 56.3 Å². The van der Waals surface area contributed by atoms with Crippen LogP contribution in [0.5, 0.6) is 0 Å². The number of alkyl halides is 3. The molecule has 4 rings (SSSR count). The van der Waals surface area contributed by atoms with Crippen LogP contribution >= 0.6 is 0 Å². The quantitative estimate of drug-likeness (QED) is 0.640. The van der Waals surface area contributed by atoms with Crippen LogP contribution in [0.1, 0.15) is 36.0 Å². The lowest BCUT2D eigenvalue weighted by Gasteiger charge is -2.25. The molecule has 0 spiro atoms. The van der Waals surface area contributed by atoms with Gasteiger partial charge in [0.05, 0.1) is 0 Å². The summed E-state index contributed by atoms with van der Waals surface area (Å²) in [5.41, 5.74) is 2.46. The predicted octanol–water partition coefficient (Wildman–Crippen LogP) is 4.12. The minimum absolute atomic E-state index is 0.155. The number of hydrogen-bond acceptors (Lipinski definition) is 6. The Balaban J connectivity index is 1.44. The van der Waals surface area contributed by atoms with Crippen LogP contribution in [-0.2, 0) is 19.1 Å². The Morgan fingerprint density at radius 2 is 1.90 bits per heavy atom. The molecule has 2 aliphatic heterocycles. The second-order valence-electron chi connectivity index (χ2n) is 8.38. The molecule has 1 aromatic carbocycles. The van der Waals surface area contributed by atoms with Crippen molar-refractivity contribution in [1.82, 2.24) is 19.8 Å². The molecule has 1 fully saturated rings. The molecule has 0 unspecified atom stereocenters.